The third-order valence-corrected chi connectivity index (χ3v) is 9.11. The molecule has 1 aliphatic carbocycles. The Bertz CT molecular complexity index is 1360. The fraction of sp³-hybridized carbons (Fsp3) is 0.486. The summed E-state index contributed by atoms with van der Waals surface area (Å²) >= 11 is 0. The quantitative estimate of drug-likeness (QED) is 0.254. The molecule has 2 aliphatic rings. The van der Waals surface area contributed by atoms with Gasteiger partial charge in [-0.15, -0.1) is 0 Å². The first-order valence-electron chi connectivity index (χ1n) is 15.2. The van der Waals surface area contributed by atoms with Crippen LogP contribution in [-0.4, -0.2) is 55.6 Å². The highest BCUT2D eigenvalue weighted by Gasteiger charge is 2.73. The van der Waals surface area contributed by atoms with E-state index in [9.17, 15) is 10.2 Å². The molecule has 0 radical (unpaired) electrons. The minimum absolute atomic E-state index is 0.315. The number of methoxy groups -OCH3 is 3. The molecule has 42 heavy (non-hydrogen) atoms. The summed E-state index contributed by atoms with van der Waals surface area (Å²) in [5.41, 5.74) is 0.133. The van der Waals surface area contributed by atoms with Crippen molar-refractivity contribution in [2.24, 2.45) is 0 Å². The molecular formula is C35H45NO6. The van der Waals surface area contributed by atoms with Gasteiger partial charge in [0.1, 0.15) is 23.0 Å². The van der Waals surface area contributed by atoms with Crippen molar-refractivity contribution in [1.82, 2.24) is 4.90 Å². The van der Waals surface area contributed by atoms with E-state index in [1.807, 2.05) is 42.5 Å². The first-order chi connectivity index (χ1) is 20.4. The van der Waals surface area contributed by atoms with E-state index in [4.69, 9.17) is 18.9 Å². The number of ether oxygens (including phenoxy) is 4. The Morgan fingerprint density at radius 1 is 0.881 bits per heavy atom. The van der Waals surface area contributed by atoms with E-state index in [2.05, 4.69) is 24.8 Å². The van der Waals surface area contributed by atoms with Gasteiger partial charge in [-0.05, 0) is 55.6 Å². The summed E-state index contributed by atoms with van der Waals surface area (Å²) in [5, 5.41) is 24.6. The molecule has 1 heterocycles. The van der Waals surface area contributed by atoms with Crippen molar-refractivity contribution in [3.8, 4) is 23.0 Å². The minimum Gasteiger partial charge on any atom is -0.496 e. The maximum Gasteiger partial charge on any atom is 0.176 e. The van der Waals surface area contributed by atoms with Crippen LogP contribution in [0.4, 0.5) is 0 Å². The lowest BCUT2D eigenvalue weighted by Crippen LogP contribution is -2.52. The summed E-state index contributed by atoms with van der Waals surface area (Å²) in [6.07, 6.45) is 3.71. The van der Waals surface area contributed by atoms with Gasteiger partial charge in [0.15, 0.2) is 11.2 Å². The lowest BCUT2D eigenvalue weighted by molar-refractivity contribution is -0.150. The molecule has 0 unspecified atom stereocenters. The van der Waals surface area contributed by atoms with Crippen molar-refractivity contribution in [2.45, 2.75) is 75.7 Å². The maximum absolute atomic E-state index is 12.9. The third-order valence-electron chi connectivity index (χ3n) is 9.11. The normalized spacial score (nSPS) is 24.3. The van der Waals surface area contributed by atoms with Crippen LogP contribution < -0.4 is 18.9 Å². The lowest BCUT2D eigenvalue weighted by Gasteiger charge is -2.41. The predicted octanol–water partition coefficient (Wildman–Crippen LogP) is 6.14. The zero-order valence-electron chi connectivity index (χ0n) is 25.6. The van der Waals surface area contributed by atoms with Gasteiger partial charge in [-0.25, -0.2) is 0 Å². The van der Waals surface area contributed by atoms with E-state index >= 15 is 0 Å². The standard InChI is InChI=1S/C35H45NO6/c1-6-8-17-36(18-9-7-2)23-25-19-26(15-16-29(25)40-4)35-28(24-13-11-10-12-14-24)22-32(37)34(35,38)33-30(41-5)20-27(39-3)21-31(33)42-35/h10-16,19-21,28,32,37-38H,6-9,17-18,22-23H2,1-5H3/t28-,32+,34+,35-/m0/s1. The van der Waals surface area contributed by atoms with Crippen molar-refractivity contribution in [3.63, 3.8) is 0 Å². The second kappa shape index (κ2) is 12.5. The van der Waals surface area contributed by atoms with Gasteiger partial charge >= 0.3 is 0 Å². The molecule has 0 amide bonds. The third kappa shape index (κ3) is 4.91. The molecule has 7 heteroatoms. The van der Waals surface area contributed by atoms with Gasteiger partial charge < -0.3 is 29.2 Å². The van der Waals surface area contributed by atoms with Gasteiger partial charge in [-0.1, -0.05) is 63.1 Å². The lowest BCUT2D eigenvalue weighted by atomic mass is 9.71. The van der Waals surface area contributed by atoms with Gasteiger partial charge in [0.25, 0.3) is 0 Å². The van der Waals surface area contributed by atoms with Crippen LogP contribution in [0.15, 0.2) is 60.7 Å². The first kappa shape index (κ1) is 30.2. The zero-order chi connectivity index (χ0) is 29.9. The van der Waals surface area contributed by atoms with E-state index in [1.54, 1.807) is 33.5 Å². The van der Waals surface area contributed by atoms with Crippen LogP contribution in [-0.2, 0) is 17.7 Å². The van der Waals surface area contributed by atoms with E-state index in [0.29, 0.717) is 35.8 Å². The van der Waals surface area contributed by atoms with Crippen LogP contribution in [0, 0.1) is 0 Å². The van der Waals surface area contributed by atoms with E-state index < -0.39 is 17.3 Å². The number of aliphatic hydroxyl groups is 2. The Labute approximate surface area is 250 Å². The number of hydrogen-bond donors (Lipinski definition) is 2. The van der Waals surface area contributed by atoms with Crippen molar-refractivity contribution in [2.75, 3.05) is 34.4 Å². The highest BCUT2D eigenvalue weighted by Crippen LogP contribution is 2.68. The Balaban J connectivity index is 1.71. The number of unbranched alkanes of at least 4 members (excludes halogenated alkanes) is 2. The molecule has 0 bridgehead atoms. The van der Waals surface area contributed by atoms with Crippen LogP contribution in [0.25, 0.3) is 0 Å². The summed E-state index contributed by atoms with van der Waals surface area (Å²) in [6, 6.07) is 19.6. The Morgan fingerprint density at radius 3 is 2.19 bits per heavy atom. The smallest absolute Gasteiger partial charge is 0.176 e. The van der Waals surface area contributed by atoms with Crippen LogP contribution in [0.3, 0.4) is 0 Å². The molecule has 7 nitrogen and oxygen atoms in total. The molecule has 226 valence electrons. The molecule has 2 N–H and O–H groups in total. The van der Waals surface area contributed by atoms with Crippen molar-refractivity contribution >= 4 is 0 Å². The van der Waals surface area contributed by atoms with Crippen LogP contribution in [0.5, 0.6) is 23.0 Å². The summed E-state index contributed by atoms with van der Waals surface area (Å²) in [5.74, 6) is 1.85. The highest BCUT2D eigenvalue weighted by atomic mass is 16.5. The number of fused-ring (bicyclic) bond motifs is 3. The molecule has 3 aromatic carbocycles. The number of benzene rings is 3. The van der Waals surface area contributed by atoms with Gasteiger partial charge in [0.05, 0.1) is 33.0 Å². The van der Waals surface area contributed by atoms with Crippen LogP contribution >= 0.6 is 0 Å². The van der Waals surface area contributed by atoms with Gasteiger partial charge in [-0.2, -0.15) is 0 Å². The zero-order valence-corrected chi connectivity index (χ0v) is 25.6. The largest absolute Gasteiger partial charge is 0.496 e. The molecule has 0 aromatic heterocycles. The summed E-state index contributed by atoms with van der Waals surface area (Å²) in [6.45, 7) is 7.15. The van der Waals surface area contributed by atoms with Crippen molar-refractivity contribution in [3.05, 3.63) is 82.9 Å². The second-order valence-corrected chi connectivity index (χ2v) is 11.5. The van der Waals surface area contributed by atoms with Crippen molar-refractivity contribution in [1.29, 1.82) is 0 Å². The molecule has 3 aromatic rings. The Hall–Kier alpha value is -3.26. The van der Waals surface area contributed by atoms with Crippen LogP contribution in [0.2, 0.25) is 0 Å². The number of rotatable bonds is 13. The summed E-state index contributed by atoms with van der Waals surface area (Å²) in [7, 11) is 4.84. The first-order valence-corrected chi connectivity index (χ1v) is 15.2. The number of nitrogens with zero attached hydrogens (tertiary/aromatic N) is 1. The topological polar surface area (TPSA) is 80.6 Å². The van der Waals surface area contributed by atoms with Crippen molar-refractivity contribution < 1.29 is 29.2 Å². The SMILES string of the molecule is CCCCN(CCCC)Cc1cc([C@@]23Oc4cc(OC)cc(OC)c4[C@]2(O)[C@H](O)C[C@H]3c2ccccc2)ccc1OC. The fourth-order valence-corrected chi connectivity index (χ4v) is 6.99. The number of hydrogen-bond acceptors (Lipinski definition) is 7. The molecule has 1 saturated carbocycles. The monoisotopic (exact) mass is 575 g/mol. The molecule has 1 aliphatic heterocycles. The molecule has 4 atom stereocenters. The predicted molar refractivity (Wildman–Crippen MR) is 164 cm³/mol. The molecular weight excluding hydrogens is 530 g/mol. The minimum atomic E-state index is -1.78. The molecule has 0 saturated heterocycles. The summed E-state index contributed by atoms with van der Waals surface area (Å²) in [4.78, 5) is 2.48. The molecule has 5 rings (SSSR count). The maximum atomic E-state index is 12.9. The van der Waals surface area contributed by atoms with Gasteiger partial charge in [0.2, 0.25) is 0 Å². The van der Waals surface area contributed by atoms with Gasteiger partial charge in [-0.3, -0.25) is 4.90 Å². The number of aliphatic hydroxyl groups excluding tert-OH is 1. The van der Waals surface area contributed by atoms with Gasteiger partial charge in [0, 0.05) is 30.2 Å². The average Bonchev–Trinajstić information content (AvgIpc) is 3.42. The second-order valence-electron chi connectivity index (χ2n) is 11.5. The van der Waals surface area contributed by atoms with Crippen LogP contribution in [0.1, 0.15) is 74.1 Å². The summed E-state index contributed by atoms with van der Waals surface area (Å²) < 4.78 is 24.1. The molecule has 0 spiro atoms. The molecule has 1 fully saturated rings. The Morgan fingerprint density at radius 2 is 1.57 bits per heavy atom. The average molecular weight is 576 g/mol. The van der Waals surface area contributed by atoms with E-state index in [0.717, 1.165) is 61.2 Å². The van der Waals surface area contributed by atoms with E-state index in [-0.39, 0.29) is 5.92 Å². The fourth-order valence-electron chi connectivity index (χ4n) is 6.99. The Kier molecular flexibility index (Phi) is 9.02. The highest BCUT2D eigenvalue weighted by molar-refractivity contribution is 5.63. The van der Waals surface area contributed by atoms with E-state index in [1.165, 1.54) is 0 Å².